The summed E-state index contributed by atoms with van der Waals surface area (Å²) in [5.41, 5.74) is 1.18. The first-order valence-corrected chi connectivity index (χ1v) is 9.32. The highest BCUT2D eigenvalue weighted by molar-refractivity contribution is 6.36. The summed E-state index contributed by atoms with van der Waals surface area (Å²) in [4.78, 5) is 29.0. The van der Waals surface area contributed by atoms with Crippen molar-refractivity contribution in [1.29, 1.82) is 0 Å². The molecule has 28 heavy (non-hydrogen) atoms. The van der Waals surface area contributed by atoms with E-state index in [2.05, 4.69) is 15.6 Å². The summed E-state index contributed by atoms with van der Waals surface area (Å²) in [6, 6.07) is 10.5. The van der Waals surface area contributed by atoms with Crippen LogP contribution in [0.2, 0.25) is 20.1 Å². The van der Waals surface area contributed by atoms with E-state index in [0.29, 0.717) is 31.5 Å². The van der Waals surface area contributed by atoms with Gasteiger partial charge in [-0.05, 0) is 42.5 Å². The number of amides is 2. The van der Waals surface area contributed by atoms with Crippen molar-refractivity contribution in [2.75, 3.05) is 10.6 Å². The average molecular weight is 455 g/mol. The fourth-order valence-electron chi connectivity index (χ4n) is 2.36. The molecule has 0 saturated carbocycles. The lowest BCUT2D eigenvalue weighted by atomic mass is 10.2. The Bertz CT molecular complexity index is 948. The third kappa shape index (κ3) is 5.14. The number of hydrogen-bond donors (Lipinski definition) is 2. The first-order valence-electron chi connectivity index (χ1n) is 7.81. The zero-order chi connectivity index (χ0) is 20.3. The van der Waals surface area contributed by atoms with Gasteiger partial charge in [0.05, 0.1) is 17.6 Å². The van der Waals surface area contributed by atoms with Gasteiger partial charge in [-0.25, -0.2) is 0 Å². The second kappa shape index (κ2) is 8.80. The van der Waals surface area contributed by atoms with E-state index in [-0.39, 0.29) is 11.1 Å². The number of carbonyl (C=O) groups is 2. The number of carbonyl (C=O) groups excluding carboxylic acids is 2. The van der Waals surface area contributed by atoms with E-state index in [1.54, 1.807) is 6.07 Å². The van der Waals surface area contributed by atoms with Gasteiger partial charge < -0.3 is 10.6 Å². The molecule has 1 heterocycles. The van der Waals surface area contributed by atoms with E-state index in [0.717, 1.165) is 0 Å². The van der Waals surface area contributed by atoms with E-state index in [9.17, 15) is 9.59 Å². The third-order valence-electron chi connectivity index (χ3n) is 3.57. The molecule has 0 spiro atoms. The van der Waals surface area contributed by atoms with Gasteiger partial charge in [0.25, 0.3) is 11.8 Å². The minimum Gasteiger partial charge on any atom is -0.320 e. The fourth-order valence-corrected chi connectivity index (χ4v) is 3.41. The van der Waals surface area contributed by atoms with Gasteiger partial charge in [0.2, 0.25) is 0 Å². The van der Waals surface area contributed by atoms with Gasteiger partial charge in [-0.15, -0.1) is 0 Å². The van der Waals surface area contributed by atoms with Crippen LogP contribution in [0.5, 0.6) is 0 Å². The molecule has 2 amide bonds. The molecule has 142 valence electrons. The highest BCUT2D eigenvalue weighted by Gasteiger charge is 2.14. The average Bonchev–Trinajstić information content (AvgIpc) is 2.61. The van der Waals surface area contributed by atoms with Gasteiger partial charge in [-0.3, -0.25) is 14.6 Å². The first kappa shape index (κ1) is 20.4. The smallest absolute Gasteiger partial charge is 0.255 e. The minimum absolute atomic E-state index is 0.264. The Morgan fingerprint density at radius 1 is 0.679 bits per heavy atom. The number of rotatable bonds is 4. The van der Waals surface area contributed by atoms with Gasteiger partial charge in [0.1, 0.15) is 0 Å². The van der Waals surface area contributed by atoms with Crippen LogP contribution in [0.15, 0.2) is 54.9 Å². The molecular weight excluding hydrogens is 444 g/mol. The normalized spacial score (nSPS) is 10.4. The van der Waals surface area contributed by atoms with Crippen molar-refractivity contribution in [1.82, 2.24) is 4.98 Å². The van der Waals surface area contributed by atoms with Crippen LogP contribution in [0.4, 0.5) is 11.4 Å². The first-order chi connectivity index (χ1) is 13.3. The molecule has 5 nitrogen and oxygen atoms in total. The van der Waals surface area contributed by atoms with Crippen molar-refractivity contribution < 1.29 is 9.59 Å². The summed E-state index contributed by atoms with van der Waals surface area (Å²) in [6.45, 7) is 0. The molecule has 9 heteroatoms. The zero-order valence-electron chi connectivity index (χ0n) is 14.0. The maximum Gasteiger partial charge on any atom is 0.255 e. The van der Waals surface area contributed by atoms with Crippen LogP contribution in [-0.2, 0) is 0 Å². The highest BCUT2D eigenvalue weighted by atomic mass is 35.5. The van der Waals surface area contributed by atoms with Gasteiger partial charge in [-0.1, -0.05) is 46.4 Å². The minimum atomic E-state index is -0.460. The van der Waals surface area contributed by atoms with E-state index < -0.39 is 11.8 Å². The summed E-state index contributed by atoms with van der Waals surface area (Å²) >= 11 is 23.7. The summed E-state index contributed by atoms with van der Waals surface area (Å²) < 4.78 is 0. The third-order valence-corrected chi connectivity index (χ3v) is 4.44. The van der Waals surface area contributed by atoms with Crippen LogP contribution >= 0.6 is 46.4 Å². The van der Waals surface area contributed by atoms with Gasteiger partial charge in [0, 0.05) is 37.4 Å². The lowest BCUT2D eigenvalue weighted by molar-refractivity contribution is 0.101. The Morgan fingerprint density at radius 2 is 1.11 bits per heavy atom. The van der Waals surface area contributed by atoms with Crippen molar-refractivity contribution in [3.63, 3.8) is 0 Å². The van der Waals surface area contributed by atoms with Crippen molar-refractivity contribution in [2.24, 2.45) is 0 Å². The van der Waals surface area contributed by atoms with Crippen molar-refractivity contribution in [3.05, 3.63) is 86.1 Å². The van der Waals surface area contributed by atoms with E-state index in [1.165, 1.54) is 48.8 Å². The van der Waals surface area contributed by atoms with Crippen molar-refractivity contribution in [2.45, 2.75) is 0 Å². The monoisotopic (exact) mass is 453 g/mol. The molecule has 0 saturated heterocycles. The Kier molecular flexibility index (Phi) is 6.42. The number of hydrogen-bond acceptors (Lipinski definition) is 3. The van der Waals surface area contributed by atoms with Crippen LogP contribution in [0, 0.1) is 0 Å². The lowest BCUT2D eigenvalue weighted by Crippen LogP contribution is -2.17. The predicted octanol–water partition coefficient (Wildman–Crippen LogP) is 6.20. The predicted molar refractivity (Wildman–Crippen MR) is 113 cm³/mol. The van der Waals surface area contributed by atoms with Crippen LogP contribution in [0.25, 0.3) is 0 Å². The number of benzene rings is 2. The molecule has 0 aliphatic carbocycles. The lowest BCUT2D eigenvalue weighted by Gasteiger charge is -2.12. The second-order valence-corrected chi connectivity index (χ2v) is 7.39. The molecule has 0 radical (unpaired) electrons. The number of nitrogens with zero attached hydrogens (tertiary/aromatic N) is 1. The number of pyridine rings is 1. The standard InChI is InChI=1S/C19H11Cl4N3O2/c20-12-3-10(4-13(21)7-12)18(27)25-16-1-2-24-9-17(16)26-19(28)11-5-14(22)8-15(23)6-11/h1-9H,(H,26,28)(H,24,25,27). The molecule has 3 aromatic rings. The fraction of sp³-hybridized carbons (Fsp3) is 0. The highest BCUT2D eigenvalue weighted by Crippen LogP contribution is 2.25. The summed E-state index contributed by atoms with van der Waals surface area (Å²) in [5.74, 6) is -0.907. The molecule has 3 rings (SSSR count). The molecule has 0 atom stereocenters. The van der Waals surface area contributed by atoms with E-state index in [4.69, 9.17) is 46.4 Å². The Hall–Kier alpha value is -2.31. The maximum atomic E-state index is 12.5. The Morgan fingerprint density at radius 3 is 1.57 bits per heavy atom. The second-order valence-electron chi connectivity index (χ2n) is 5.65. The summed E-state index contributed by atoms with van der Waals surface area (Å²) in [7, 11) is 0. The topological polar surface area (TPSA) is 71.1 Å². The molecule has 0 aliphatic rings. The van der Waals surface area contributed by atoms with Crippen LogP contribution in [0.3, 0.4) is 0 Å². The number of aromatic nitrogens is 1. The quantitative estimate of drug-likeness (QED) is 0.492. The summed E-state index contributed by atoms with van der Waals surface area (Å²) in [6.07, 6.45) is 2.89. The van der Waals surface area contributed by atoms with E-state index in [1.807, 2.05) is 0 Å². The zero-order valence-corrected chi connectivity index (χ0v) is 17.0. The molecule has 0 fully saturated rings. The van der Waals surface area contributed by atoms with Gasteiger partial charge in [-0.2, -0.15) is 0 Å². The summed E-state index contributed by atoms with van der Waals surface area (Å²) in [5, 5.41) is 6.70. The van der Waals surface area contributed by atoms with Crippen molar-refractivity contribution in [3.8, 4) is 0 Å². The molecule has 0 aliphatic heterocycles. The van der Waals surface area contributed by atoms with Crippen LogP contribution < -0.4 is 10.6 Å². The van der Waals surface area contributed by atoms with Crippen LogP contribution in [0.1, 0.15) is 20.7 Å². The largest absolute Gasteiger partial charge is 0.320 e. The van der Waals surface area contributed by atoms with E-state index >= 15 is 0 Å². The SMILES string of the molecule is O=C(Nc1ccncc1NC(=O)c1cc(Cl)cc(Cl)c1)c1cc(Cl)cc(Cl)c1. The van der Waals surface area contributed by atoms with Gasteiger partial charge >= 0.3 is 0 Å². The molecular formula is C19H11Cl4N3O2. The van der Waals surface area contributed by atoms with Gasteiger partial charge in [0.15, 0.2) is 0 Å². The number of nitrogens with one attached hydrogen (secondary N) is 2. The molecule has 1 aromatic heterocycles. The molecule has 2 aromatic carbocycles. The van der Waals surface area contributed by atoms with Crippen molar-refractivity contribution >= 4 is 69.6 Å². The maximum absolute atomic E-state index is 12.5. The molecule has 0 unspecified atom stereocenters. The molecule has 2 N–H and O–H groups in total. The number of halogens is 4. The Labute approximate surface area is 180 Å². The van der Waals surface area contributed by atoms with Crippen LogP contribution in [-0.4, -0.2) is 16.8 Å². The Balaban J connectivity index is 1.83. The number of anilines is 2. The molecule has 0 bridgehead atoms.